The Labute approximate surface area is 54.8 Å². The molecule has 0 unspecified atom stereocenters. The Bertz CT molecular complexity index is 47.7. The highest BCUT2D eigenvalue weighted by molar-refractivity contribution is 7.96. The summed E-state index contributed by atoms with van der Waals surface area (Å²) in [6, 6.07) is 0.269. The van der Waals surface area contributed by atoms with Crippen molar-refractivity contribution in [1.29, 1.82) is 0 Å². The number of rotatable bonds is 4. The predicted molar refractivity (Wildman–Crippen MR) is 37.8 cm³/mol. The van der Waals surface area contributed by atoms with Crippen molar-refractivity contribution < 1.29 is 5.11 Å². The summed E-state index contributed by atoms with van der Waals surface area (Å²) < 4.78 is 3.05. The Morgan fingerprint density at radius 3 is 2.50 bits per heavy atom. The van der Waals surface area contributed by atoms with Crippen LogP contribution in [0.2, 0.25) is 0 Å². The zero-order chi connectivity index (χ0) is 6.41. The number of hydrogen-bond donors (Lipinski definition) is 2. The van der Waals surface area contributed by atoms with Gasteiger partial charge in [0.2, 0.25) is 0 Å². The van der Waals surface area contributed by atoms with Crippen LogP contribution in [-0.4, -0.2) is 24.0 Å². The van der Waals surface area contributed by atoms with E-state index in [9.17, 15) is 0 Å². The molecule has 50 valence electrons. The second-order valence-electron chi connectivity index (χ2n) is 1.61. The summed E-state index contributed by atoms with van der Waals surface area (Å²) in [7, 11) is 0. The molecule has 0 radical (unpaired) electrons. The van der Waals surface area contributed by atoms with E-state index in [4.69, 9.17) is 5.11 Å². The monoisotopic (exact) mass is 135 g/mol. The molecule has 0 aliphatic carbocycles. The average Bonchev–Trinajstić information content (AvgIpc) is 1.83. The highest BCUT2D eigenvalue weighted by atomic mass is 32.2. The summed E-state index contributed by atoms with van der Waals surface area (Å²) in [5.41, 5.74) is 0. The number of aliphatic hydroxyl groups is 1. The first-order valence-electron chi connectivity index (χ1n) is 2.74. The molecule has 0 amide bonds. The molecular formula is C5H13NOS. The molecule has 0 aromatic heterocycles. The Hall–Kier alpha value is 0.270. The molecular weight excluding hydrogens is 122 g/mol. The van der Waals surface area contributed by atoms with Crippen LogP contribution in [0.3, 0.4) is 0 Å². The lowest BCUT2D eigenvalue weighted by atomic mass is 10.3. The maximum Gasteiger partial charge on any atom is 0.0593 e. The van der Waals surface area contributed by atoms with Gasteiger partial charge in [0.1, 0.15) is 0 Å². The van der Waals surface area contributed by atoms with Crippen LogP contribution < -0.4 is 4.72 Å². The molecule has 0 aromatic carbocycles. The molecule has 0 saturated heterocycles. The minimum atomic E-state index is 0.233. The van der Waals surface area contributed by atoms with Crippen LogP contribution in [0.4, 0.5) is 0 Å². The number of aliphatic hydroxyl groups excluding tert-OH is 1. The van der Waals surface area contributed by atoms with Crippen molar-refractivity contribution in [2.75, 3.05) is 12.9 Å². The van der Waals surface area contributed by atoms with Crippen molar-refractivity contribution in [3.63, 3.8) is 0 Å². The van der Waals surface area contributed by atoms with Gasteiger partial charge in [-0.05, 0) is 12.7 Å². The van der Waals surface area contributed by atoms with Gasteiger partial charge in [0.05, 0.1) is 6.61 Å². The van der Waals surface area contributed by atoms with Gasteiger partial charge in [-0.3, -0.25) is 4.72 Å². The molecule has 0 aliphatic heterocycles. The standard InChI is InChI=1S/C5H13NOS/c1-3-5(4-7)6-8-2/h5-7H,3-4H2,1-2H3/t5-/m1/s1. The van der Waals surface area contributed by atoms with Crippen LogP contribution >= 0.6 is 11.9 Å². The van der Waals surface area contributed by atoms with Crippen LogP contribution in [0, 0.1) is 0 Å². The van der Waals surface area contributed by atoms with Crippen molar-refractivity contribution in [3.8, 4) is 0 Å². The van der Waals surface area contributed by atoms with E-state index in [1.807, 2.05) is 13.2 Å². The normalized spacial score (nSPS) is 13.9. The van der Waals surface area contributed by atoms with E-state index in [1.54, 1.807) is 11.9 Å². The molecule has 1 atom stereocenters. The van der Waals surface area contributed by atoms with Crippen molar-refractivity contribution >= 4 is 11.9 Å². The van der Waals surface area contributed by atoms with Gasteiger partial charge in [-0.15, -0.1) is 0 Å². The van der Waals surface area contributed by atoms with Gasteiger partial charge in [0.15, 0.2) is 0 Å². The van der Waals surface area contributed by atoms with E-state index in [1.165, 1.54) is 0 Å². The SMILES string of the molecule is CC[C@H](CO)NSC. The Morgan fingerprint density at radius 1 is 1.75 bits per heavy atom. The van der Waals surface area contributed by atoms with Crippen LogP contribution in [0.5, 0.6) is 0 Å². The van der Waals surface area contributed by atoms with E-state index < -0.39 is 0 Å². The Balaban J connectivity index is 3.07. The first-order valence-corrected chi connectivity index (χ1v) is 3.97. The predicted octanol–water partition coefficient (Wildman–Crippen LogP) is 0.625. The van der Waals surface area contributed by atoms with E-state index in [0.29, 0.717) is 0 Å². The van der Waals surface area contributed by atoms with Crippen molar-refractivity contribution in [2.24, 2.45) is 0 Å². The average molecular weight is 135 g/mol. The lowest BCUT2D eigenvalue weighted by Crippen LogP contribution is -2.25. The van der Waals surface area contributed by atoms with E-state index in [-0.39, 0.29) is 12.6 Å². The molecule has 0 spiro atoms. The molecule has 0 aliphatic rings. The topological polar surface area (TPSA) is 32.3 Å². The fourth-order valence-electron chi connectivity index (χ4n) is 0.416. The quantitative estimate of drug-likeness (QED) is 0.554. The molecule has 0 aromatic rings. The second kappa shape index (κ2) is 5.41. The molecule has 8 heavy (non-hydrogen) atoms. The molecule has 0 saturated carbocycles. The van der Waals surface area contributed by atoms with E-state index in [0.717, 1.165) is 6.42 Å². The van der Waals surface area contributed by atoms with Crippen molar-refractivity contribution in [2.45, 2.75) is 19.4 Å². The van der Waals surface area contributed by atoms with Gasteiger partial charge >= 0.3 is 0 Å². The Kier molecular flexibility index (Phi) is 5.59. The lowest BCUT2D eigenvalue weighted by Gasteiger charge is -2.09. The summed E-state index contributed by atoms with van der Waals surface area (Å²) in [5.74, 6) is 0. The molecule has 0 bridgehead atoms. The fraction of sp³-hybridized carbons (Fsp3) is 1.00. The third-order valence-corrected chi connectivity index (χ3v) is 1.57. The maximum absolute atomic E-state index is 8.58. The van der Waals surface area contributed by atoms with Gasteiger partial charge < -0.3 is 5.11 Å². The molecule has 2 nitrogen and oxygen atoms in total. The first kappa shape index (κ1) is 8.27. The molecule has 0 fully saturated rings. The van der Waals surface area contributed by atoms with Gasteiger partial charge in [0.25, 0.3) is 0 Å². The summed E-state index contributed by atoms with van der Waals surface area (Å²) in [5, 5.41) is 8.58. The zero-order valence-corrected chi connectivity index (χ0v) is 6.16. The molecule has 3 heteroatoms. The van der Waals surface area contributed by atoms with Gasteiger partial charge in [0, 0.05) is 6.04 Å². The van der Waals surface area contributed by atoms with Crippen molar-refractivity contribution in [1.82, 2.24) is 4.72 Å². The van der Waals surface area contributed by atoms with Crippen LogP contribution in [0.25, 0.3) is 0 Å². The van der Waals surface area contributed by atoms with Gasteiger partial charge in [-0.1, -0.05) is 18.9 Å². The van der Waals surface area contributed by atoms with Crippen LogP contribution in [0.1, 0.15) is 13.3 Å². The van der Waals surface area contributed by atoms with Crippen LogP contribution in [-0.2, 0) is 0 Å². The highest BCUT2D eigenvalue weighted by Crippen LogP contribution is 1.93. The highest BCUT2D eigenvalue weighted by Gasteiger charge is 1.99. The van der Waals surface area contributed by atoms with Gasteiger partial charge in [-0.25, -0.2) is 0 Å². The second-order valence-corrected chi connectivity index (χ2v) is 2.25. The molecule has 2 N–H and O–H groups in total. The van der Waals surface area contributed by atoms with E-state index in [2.05, 4.69) is 4.72 Å². The Morgan fingerprint density at radius 2 is 2.38 bits per heavy atom. The third kappa shape index (κ3) is 3.29. The maximum atomic E-state index is 8.58. The smallest absolute Gasteiger partial charge is 0.0593 e. The molecule has 0 heterocycles. The summed E-state index contributed by atoms with van der Waals surface area (Å²) >= 11 is 1.55. The molecule has 0 rings (SSSR count). The minimum Gasteiger partial charge on any atom is -0.395 e. The number of nitrogens with one attached hydrogen (secondary N) is 1. The first-order chi connectivity index (χ1) is 3.85. The lowest BCUT2D eigenvalue weighted by molar-refractivity contribution is 0.256. The van der Waals surface area contributed by atoms with Gasteiger partial charge in [-0.2, -0.15) is 0 Å². The van der Waals surface area contributed by atoms with Crippen LogP contribution in [0.15, 0.2) is 0 Å². The summed E-state index contributed by atoms with van der Waals surface area (Å²) in [6.07, 6.45) is 2.94. The summed E-state index contributed by atoms with van der Waals surface area (Å²) in [4.78, 5) is 0. The largest absolute Gasteiger partial charge is 0.395 e. The van der Waals surface area contributed by atoms with Crippen molar-refractivity contribution in [3.05, 3.63) is 0 Å². The number of hydrogen-bond acceptors (Lipinski definition) is 3. The fourth-order valence-corrected chi connectivity index (χ4v) is 0.991. The minimum absolute atomic E-state index is 0.233. The summed E-state index contributed by atoms with van der Waals surface area (Å²) in [6.45, 7) is 2.28. The van der Waals surface area contributed by atoms with E-state index >= 15 is 0 Å². The zero-order valence-electron chi connectivity index (χ0n) is 5.35. The third-order valence-electron chi connectivity index (χ3n) is 0.998.